The first-order valence-electron chi connectivity index (χ1n) is 13.6. The standard InChI is InChI=1S/C31H39N3O5S/c1-5-7-20-32-31(36)29(6-2)33(22-25-12-9-8-10-13-25)30(35)23-34(26-14-11-15-27(21-26)39-4)40(37,38)28-18-16-24(3)17-19-28/h8-19,21,29H,5-7,20,22-23H2,1-4H3,(H,32,36)/t29-/m1/s1. The summed E-state index contributed by atoms with van der Waals surface area (Å²) in [6.45, 7) is 5.94. The molecule has 0 bridgehead atoms. The van der Waals surface area contributed by atoms with Crippen molar-refractivity contribution in [1.29, 1.82) is 0 Å². The highest BCUT2D eigenvalue weighted by atomic mass is 32.2. The van der Waals surface area contributed by atoms with Crippen LogP contribution in [0.15, 0.2) is 83.8 Å². The van der Waals surface area contributed by atoms with E-state index in [-0.39, 0.29) is 23.0 Å². The third kappa shape index (κ3) is 7.85. The molecule has 0 spiro atoms. The molecule has 8 nitrogen and oxygen atoms in total. The van der Waals surface area contributed by atoms with Crippen LogP contribution in [-0.2, 0) is 26.2 Å². The number of nitrogens with one attached hydrogen (secondary N) is 1. The first kappa shape index (κ1) is 30.7. The number of carbonyl (C=O) groups excluding carboxylic acids is 2. The molecule has 0 unspecified atom stereocenters. The number of ether oxygens (including phenoxy) is 1. The van der Waals surface area contributed by atoms with Crippen molar-refractivity contribution < 1.29 is 22.7 Å². The SMILES string of the molecule is CCCCNC(=O)[C@@H](CC)N(Cc1ccccc1)C(=O)CN(c1cccc(OC)c1)S(=O)(=O)c1ccc(C)cc1. The largest absolute Gasteiger partial charge is 0.497 e. The van der Waals surface area contributed by atoms with E-state index in [1.807, 2.05) is 51.1 Å². The molecule has 1 atom stereocenters. The molecule has 2 amide bonds. The van der Waals surface area contributed by atoms with E-state index in [1.165, 1.54) is 24.1 Å². The third-order valence-corrected chi connectivity index (χ3v) is 8.43. The minimum Gasteiger partial charge on any atom is -0.497 e. The smallest absolute Gasteiger partial charge is 0.264 e. The Labute approximate surface area is 238 Å². The number of rotatable bonds is 14. The van der Waals surface area contributed by atoms with Gasteiger partial charge in [-0.05, 0) is 49.6 Å². The van der Waals surface area contributed by atoms with Crippen molar-refractivity contribution in [3.63, 3.8) is 0 Å². The van der Waals surface area contributed by atoms with Gasteiger partial charge in [-0.1, -0.05) is 74.4 Å². The molecular formula is C31H39N3O5S. The molecular weight excluding hydrogens is 526 g/mol. The minimum absolute atomic E-state index is 0.0627. The van der Waals surface area contributed by atoms with Crippen LogP contribution in [0.25, 0.3) is 0 Å². The normalized spacial score (nSPS) is 11.9. The van der Waals surface area contributed by atoms with E-state index in [9.17, 15) is 18.0 Å². The first-order chi connectivity index (χ1) is 19.2. The number of sulfonamides is 1. The molecule has 3 aromatic carbocycles. The van der Waals surface area contributed by atoms with Crippen LogP contribution < -0.4 is 14.4 Å². The predicted molar refractivity (Wildman–Crippen MR) is 158 cm³/mol. The van der Waals surface area contributed by atoms with Crippen molar-refractivity contribution in [3.8, 4) is 5.75 Å². The third-order valence-electron chi connectivity index (χ3n) is 6.64. The summed E-state index contributed by atoms with van der Waals surface area (Å²) in [7, 11) is -2.64. The second-order valence-corrected chi connectivity index (χ2v) is 11.5. The topological polar surface area (TPSA) is 96.0 Å². The molecule has 0 radical (unpaired) electrons. The Morgan fingerprint density at radius 2 is 1.65 bits per heavy atom. The van der Waals surface area contributed by atoms with Gasteiger partial charge in [-0.25, -0.2) is 8.42 Å². The summed E-state index contributed by atoms with van der Waals surface area (Å²) >= 11 is 0. The van der Waals surface area contributed by atoms with E-state index in [4.69, 9.17) is 4.74 Å². The van der Waals surface area contributed by atoms with Gasteiger partial charge in [0.1, 0.15) is 18.3 Å². The first-order valence-corrected chi connectivity index (χ1v) is 15.0. The van der Waals surface area contributed by atoms with Gasteiger partial charge in [-0.3, -0.25) is 13.9 Å². The number of unbranched alkanes of at least 4 members (excludes halogenated alkanes) is 1. The summed E-state index contributed by atoms with van der Waals surface area (Å²) in [6, 6.07) is 21.7. The summed E-state index contributed by atoms with van der Waals surface area (Å²) in [5, 5.41) is 2.94. The molecule has 0 aliphatic rings. The fourth-order valence-electron chi connectivity index (χ4n) is 4.34. The van der Waals surface area contributed by atoms with E-state index < -0.39 is 28.5 Å². The van der Waals surface area contributed by atoms with Gasteiger partial charge in [0.15, 0.2) is 0 Å². The summed E-state index contributed by atoms with van der Waals surface area (Å²) in [5.41, 5.74) is 2.04. The number of anilines is 1. The highest BCUT2D eigenvalue weighted by molar-refractivity contribution is 7.92. The van der Waals surface area contributed by atoms with Crippen LogP contribution >= 0.6 is 0 Å². The quantitative estimate of drug-likeness (QED) is 0.280. The second kappa shape index (κ2) is 14.5. The van der Waals surface area contributed by atoms with Crippen LogP contribution in [0.3, 0.4) is 0 Å². The van der Waals surface area contributed by atoms with Gasteiger partial charge in [-0.15, -0.1) is 0 Å². The molecule has 0 saturated carbocycles. The summed E-state index contributed by atoms with van der Waals surface area (Å²) in [4.78, 5) is 28.8. The van der Waals surface area contributed by atoms with Crippen LogP contribution in [0.4, 0.5) is 5.69 Å². The number of hydrogen-bond acceptors (Lipinski definition) is 5. The maximum absolute atomic E-state index is 14.1. The number of amides is 2. The lowest BCUT2D eigenvalue weighted by Crippen LogP contribution is -2.52. The zero-order chi connectivity index (χ0) is 29.1. The van der Waals surface area contributed by atoms with Crippen molar-refractivity contribution in [2.75, 3.05) is 24.5 Å². The molecule has 1 N–H and O–H groups in total. The molecule has 3 aromatic rings. The molecule has 40 heavy (non-hydrogen) atoms. The van der Waals surface area contributed by atoms with Gasteiger partial charge in [0.25, 0.3) is 10.0 Å². The van der Waals surface area contributed by atoms with Crippen LogP contribution in [0.1, 0.15) is 44.2 Å². The van der Waals surface area contributed by atoms with E-state index >= 15 is 0 Å². The Morgan fingerprint density at radius 1 is 0.950 bits per heavy atom. The minimum atomic E-state index is -4.14. The predicted octanol–water partition coefficient (Wildman–Crippen LogP) is 4.92. The van der Waals surface area contributed by atoms with Crippen molar-refractivity contribution >= 4 is 27.5 Å². The van der Waals surface area contributed by atoms with E-state index in [0.29, 0.717) is 18.7 Å². The maximum atomic E-state index is 14.1. The fraction of sp³-hybridized carbons (Fsp3) is 0.355. The number of aryl methyl sites for hydroxylation is 1. The lowest BCUT2D eigenvalue weighted by atomic mass is 10.1. The molecule has 0 aliphatic carbocycles. The van der Waals surface area contributed by atoms with Crippen LogP contribution in [0, 0.1) is 6.92 Å². The monoisotopic (exact) mass is 565 g/mol. The van der Waals surface area contributed by atoms with Crippen LogP contribution in [0.2, 0.25) is 0 Å². The number of hydrogen-bond donors (Lipinski definition) is 1. The number of benzene rings is 3. The zero-order valence-electron chi connectivity index (χ0n) is 23.7. The summed E-state index contributed by atoms with van der Waals surface area (Å²) in [6.07, 6.45) is 2.13. The van der Waals surface area contributed by atoms with E-state index in [0.717, 1.165) is 28.3 Å². The molecule has 0 aromatic heterocycles. The molecule has 3 rings (SSSR count). The summed E-state index contributed by atoms with van der Waals surface area (Å²) < 4.78 is 34.3. The van der Waals surface area contributed by atoms with Crippen molar-refractivity contribution in [3.05, 3.63) is 90.0 Å². The molecule has 0 aliphatic heterocycles. The van der Waals surface area contributed by atoms with Crippen LogP contribution in [0.5, 0.6) is 5.75 Å². The van der Waals surface area contributed by atoms with Crippen molar-refractivity contribution in [1.82, 2.24) is 10.2 Å². The van der Waals surface area contributed by atoms with Gasteiger partial charge in [0.05, 0.1) is 17.7 Å². The average Bonchev–Trinajstić information content (AvgIpc) is 2.96. The van der Waals surface area contributed by atoms with Gasteiger partial charge in [0.2, 0.25) is 11.8 Å². The Hall–Kier alpha value is -3.85. The van der Waals surface area contributed by atoms with E-state index in [2.05, 4.69) is 5.32 Å². The molecule has 214 valence electrons. The Kier molecular flexibility index (Phi) is 11.1. The molecule has 9 heteroatoms. The Balaban J connectivity index is 2.04. The summed E-state index contributed by atoms with van der Waals surface area (Å²) in [5.74, 6) is -0.286. The highest BCUT2D eigenvalue weighted by Gasteiger charge is 2.33. The van der Waals surface area contributed by atoms with Crippen LogP contribution in [-0.4, -0.2) is 51.4 Å². The Morgan fingerprint density at radius 3 is 2.27 bits per heavy atom. The lowest BCUT2D eigenvalue weighted by Gasteiger charge is -2.33. The molecule has 0 fully saturated rings. The fourth-order valence-corrected chi connectivity index (χ4v) is 5.74. The highest BCUT2D eigenvalue weighted by Crippen LogP contribution is 2.28. The van der Waals surface area contributed by atoms with Gasteiger partial charge in [-0.2, -0.15) is 0 Å². The van der Waals surface area contributed by atoms with Crippen molar-refractivity contribution in [2.45, 2.75) is 57.5 Å². The zero-order valence-corrected chi connectivity index (χ0v) is 24.5. The number of nitrogens with zero attached hydrogens (tertiary/aromatic N) is 2. The molecule has 0 heterocycles. The number of methoxy groups -OCH3 is 1. The van der Waals surface area contributed by atoms with E-state index in [1.54, 1.807) is 36.4 Å². The molecule has 0 saturated heterocycles. The number of carbonyl (C=O) groups is 2. The van der Waals surface area contributed by atoms with Gasteiger partial charge >= 0.3 is 0 Å². The average molecular weight is 566 g/mol. The maximum Gasteiger partial charge on any atom is 0.264 e. The van der Waals surface area contributed by atoms with Crippen molar-refractivity contribution in [2.24, 2.45) is 0 Å². The lowest BCUT2D eigenvalue weighted by molar-refractivity contribution is -0.140. The van der Waals surface area contributed by atoms with Gasteiger partial charge < -0.3 is 15.0 Å². The Bertz CT molecular complexity index is 1360. The second-order valence-electron chi connectivity index (χ2n) is 9.60. The van der Waals surface area contributed by atoms with Gasteiger partial charge in [0, 0.05) is 19.2 Å².